The SMILES string of the molecule is O=C(O)c1ccc(F)cc1-c1ccc(F)cc1O. The Hall–Kier alpha value is -2.43. The van der Waals surface area contributed by atoms with Gasteiger partial charge in [0.15, 0.2) is 0 Å². The fraction of sp³-hybridized carbons (Fsp3) is 0. The molecule has 0 atom stereocenters. The zero-order chi connectivity index (χ0) is 13.3. The Labute approximate surface area is 101 Å². The second-order valence-corrected chi connectivity index (χ2v) is 3.66. The van der Waals surface area contributed by atoms with Crippen LogP contribution in [0.4, 0.5) is 8.78 Å². The lowest BCUT2D eigenvalue weighted by Gasteiger charge is -2.08. The van der Waals surface area contributed by atoms with Crippen LogP contribution >= 0.6 is 0 Å². The van der Waals surface area contributed by atoms with E-state index in [1.165, 1.54) is 6.07 Å². The first-order chi connectivity index (χ1) is 8.49. The maximum Gasteiger partial charge on any atom is 0.336 e. The smallest absolute Gasteiger partial charge is 0.336 e. The molecule has 0 spiro atoms. The molecule has 0 radical (unpaired) electrons. The van der Waals surface area contributed by atoms with Crippen LogP contribution < -0.4 is 0 Å². The van der Waals surface area contributed by atoms with Crippen molar-refractivity contribution in [3.05, 3.63) is 53.6 Å². The molecule has 0 aliphatic carbocycles. The third kappa shape index (κ3) is 2.15. The molecule has 0 saturated carbocycles. The van der Waals surface area contributed by atoms with E-state index >= 15 is 0 Å². The van der Waals surface area contributed by atoms with Crippen molar-refractivity contribution in [2.24, 2.45) is 0 Å². The van der Waals surface area contributed by atoms with E-state index in [2.05, 4.69) is 0 Å². The van der Waals surface area contributed by atoms with Gasteiger partial charge in [0.25, 0.3) is 0 Å². The predicted octanol–water partition coefficient (Wildman–Crippen LogP) is 3.04. The number of halogens is 2. The number of carbonyl (C=O) groups is 1. The second kappa shape index (κ2) is 4.44. The highest BCUT2D eigenvalue weighted by atomic mass is 19.1. The van der Waals surface area contributed by atoms with E-state index in [4.69, 9.17) is 5.11 Å². The highest BCUT2D eigenvalue weighted by Crippen LogP contribution is 2.32. The summed E-state index contributed by atoms with van der Waals surface area (Å²) in [7, 11) is 0. The van der Waals surface area contributed by atoms with Crippen LogP contribution in [0, 0.1) is 11.6 Å². The molecule has 0 unspecified atom stereocenters. The molecule has 0 aromatic heterocycles. The molecule has 18 heavy (non-hydrogen) atoms. The molecular formula is C13H8F2O3. The molecule has 3 nitrogen and oxygen atoms in total. The first kappa shape index (κ1) is 12.0. The summed E-state index contributed by atoms with van der Waals surface area (Å²) < 4.78 is 26.0. The molecule has 0 amide bonds. The van der Waals surface area contributed by atoms with Gasteiger partial charge in [0, 0.05) is 17.2 Å². The lowest BCUT2D eigenvalue weighted by atomic mass is 9.98. The van der Waals surface area contributed by atoms with E-state index in [1.807, 2.05) is 0 Å². The largest absolute Gasteiger partial charge is 0.507 e. The minimum Gasteiger partial charge on any atom is -0.507 e. The van der Waals surface area contributed by atoms with Crippen molar-refractivity contribution in [3.63, 3.8) is 0 Å². The van der Waals surface area contributed by atoms with E-state index < -0.39 is 23.4 Å². The minimum atomic E-state index is -1.26. The Kier molecular flexibility index (Phi) is 2.97. The molecule has 92 valence electrons. The van der Waals surface area contributed by atoms with Crippen molar-refractivity contribution in [2.75, 3.05) is 0 Å². The Bertz CT molecular complexity index is 624. The fourth-order valence-corrected chi connectivity index (χ4v) is 1.66. The van der Waals surface area contributed by atoms with Gasteiger partial charge in [-0.25, -0.2) is 13.6 Å². The number of aromatic hydroxyl groups is 1. The molecule has 5 heteroatoms. The van der Waals surface area contributed by atoms with Gasteiger partial charge >= 0.3 is 5.97 Å². The maximum absolute atomic E-state index is 13.2. The third-order valence-electron chi connectivity index (χ3n) is 2.46. The third-order valence-corrected chi connectivity index (χ3v) is 2.46. The molecule has 2 aromatic rings. The van der Waals surface area contributed by atoms with Crippen LogP contribution in [0.5, 0.6) is 5.75 Å². The molecule has 0 fully saturated rings. The first-order valence-electron chi connectivity index (χ1n) is 5.01. The van der Waals surface area contributed by atoms with Crippen molar-refractivity contribution >= 4 is 5.97 Å². The van der Waals surface area contributed by atoms with Crippen molar-refractivity contribution in [1.29, 1.82) is 0 Å². The second-order valence-electron chi connectivity index (χ2n) is 3.66. The van der Waals surface area contributed by atoms with E-state index in [9.17, 15) is 18.7 Å². The first-order valence-corrected chi connectivity index (χ1v) is 5.01. The number of phenolic OH excluding ortho intramolecular Hbond substituents is 1. The Morgan fingerprint density at radius 1 is 0.944 bits per heavy atom. The lowest BCUT2D eigenvalue weighted by molar-refractivity contribution is 0.0697. The van der Waals surface area contributed by atoms with Crippen LogP contribution in [0.25, 0.3) is 11.1 Å². The van der Waals surface area contributed by atoms with Gasteiger partial charge in [-0.3, -0.25) is 0 Å². The molecule has 2 rings (SSSR count). The minimum absolute atomic E-state index is 0.000000000000000666. The molecule has 0 saturated heterocycles. The molecule has 0 bridgehead atoms. The Morgan fingerprint density at radius 3 is 2.17 bits per heavy atom. The number of aromatic carboxylic acids is 1. The average molecular weight is 250 g/mol. The van der Waals surface area contributed by atoms with Gasteiger partial charge in [-0.15, -0.1) is 0 Å². The van der Waals surface area contributed by atoms with E-state index in [-0.39, 0.29) is 16.7 Å². The fourth-order valence-electron chi connectivity index (χ4n) is 1.66. The summed E-state index contributed by atoms with van der Waals surface area (Å²) in [5.41, 5.74) is -0.105. The number of carboxylic acid groups (broad SMARTS) is 1. The summed E-state index contributed by atoms with van der Waals surface area (Å²) in [5, 5.41) is 18.6. The predicted molar refractivity (Wildman–Crippen MR) is 60.4 cm³/mol. The van der Waals surface area contributed by atoms with Gasteiger partial charge in [0.1, 0.15) is 17.4 Å². The van der Waals surface area contributed by atoms with E-state index in [0.717, 1.165) is 30.3 Å². The van der Waals surface area contributed by atoms with Gasteiger partial charge in [0.05, 0.1) is 5.56 Å². The summed E-state index contributed by atoms with van der Waals surface area (Å²) in [6.45, 7) is 0. The highest BCUT2D eigenvalue weighted by Gasteiger charge is 2.15. The molecule has 2 N–H and O–H groups in total. The number of benzene rings is 2. The standard InChI is InChI=1S/C13H8F2O3/c14-7-2-4-10(13(17)18)11(5-7)9-3-1-8(15)6-12(9)16/h1-6,16H,(H,17,18). The van der Waals surface area contributed by atoms with Crippen molar-refractivity contribution in [1.82, 2.24) is 0 Å². The van der Waals surface area contributed by atoms with Crippen molar-refractivity contribution < 1.29 is 23.8 Å². The summed E-state index contributed by atoms with van der Waals surface area (Å²) in [4.78, 5) is 11.0. The highest BCUT2D eigenvalue weighted by molar-refractivity contribution is 5.96. The van der Waals surface area contributed by atoms with E-state index in [0.29, 0.717) is 0 Å². The zero-order valence-electron chi connectivity index (χ0n) is 9.02. The Balaban J connectivity index is 2.69. The van der Waals surface area contributed by atoms with Crippen molar-refractivity contribution in [3.8, 4) is 16.9 Å². The molecule has 2 aromatic carbocycles. The van der Waals surface area contributed by atoms with Crippen LogP contribution in [0.3, 0.4) is 0 Å². The number of rotatable bonds is 2. The normalized spacial score (nSPS) is 10.3. The van der Waals surface area contributed by atoms with Crippen LogP contribution in [-0.4, -0.2) is 16.2 Å². The Morgan fingerprint density at radius 2 is 1.56 bits per heavy atom. The summed E-state index contributed by atoms with van der Waals surface area (Å²) >= 11 is 0. The van der Waals surface area contributed by atoms with E-state index in [1.54, 1.807) is 0 Å². The zero-order valence-corrected chi connectivity index (χ0v) is 9.02. The molecular weight excluding hydrogens is 242 g/mol. The van der Waals surface area contributed by atoms with Crippen LogP contribution in [-0.2, 0) is 0 Å². The average Bonchev–Trinajstić information content (AvgIpc) is 2.28. The number of hydrogen-bond acceptors (Lipinski definition) is 2. The summed E-state index contributed by atoms with van der Waals surface area (Å²) in [6.07, 6.45) is 0. The molecule has 0 aliphatic rings. The summed E-state index contributed by atoms with van der Waals surface area (Å²) in [5.74, 6) is -3.00. The van der Waals surface area contributed by atoms with Gasteiger partial charge in [-0.1, -0.05) is 0 Å². The number of phenols is 1. The van der Waals surface area contributed by atoms with Gasteiger partial charge in [0.2, 0.25) is 0 Å². The molecule has 0 heterocycles. The molecule has 0 aliphatic heterocycles. The summed E-state index contributed by atoms with van der Waals surface area (Å²) in [6, 6.07) is 6.18. The topological polar surface area (TPSA) is 57.5 Å². The lowest BCUT2D eigenvalue weighted by Crippen LogP contribution is -2.00. The van der Waals surface area contributed by atoms with Crippen LogP contribution in [0.1, 0.15) is 10.4 Å². The van der Waals surface area contributed by atoms with Crippen molar-refractivity contribution in [2.45, 2.75) is 0 Å². The number of carboxylic acids is 1. The van der Waals surface area contributed by atoms with Crippen LogP contribution in [0.15, 0.2) is 36.4 Å². The van der Waals surface area contributed by atoms with Crippen LogP contribution in [0.2, 0.25) is 0 Å². The maximum atomic E-state index is 13.2. The number of hydrogen-bond donors (Lipinski definition) is 2. The van der Waals surface area contributed by atoms with Gasteiger partial charge < -0.3 is 10.2 Å². The van der Waals surface area contributed by atoms with Gasteiger partial charge in [-0.05, 0) is 30.3 Å². The van der Waals surface area contributed by atoms with Gasteiger partial charge in [-0.2, -0.15) is 0 Å². The quantitative estimate of drug-likeness (QED) is 0.861. The monoisotopic (exact) mass is 250 g/mol.